The quantitative estimate of drug-likeness (QED) is 0.0373. The van der Waals surface area contributed by atoms with Crippen LogP contribution in [0.1, 0.15) is 367 Å². The van der Waals surface area contributed by atoms with E-state index in [2.05, 4.69) is 74.6 Å². The van der Waals surface area contributed by atoms with Gasteiger partial charge >= 0.3 is 11.9 Å². The number of hydrogen-bond donors (Lipinski definition) is 1. The highest BCUT2D eigenvalue weighted by Crippen LogP contribution is 2.19. The number of aliphatic hydroxyl groups excluding tert-OH is 1. The Balaban J connectivity index is 3.39. The molecule has 0 saturated heterocycles. The van der Waals surface area contributed by atoms with E-state index in [-0.39, 0.29) is 25.2 Å². The van der Waals surface area contributed by atoms with Crippen LogP contribution in [-0.2, 0) is 19.1 Å². The zero-order chi connectivity index (χ0) is 55.5. The molecule has 0 amide bonds. The third kappa shape index (κ3) is 66.0. The molecule has 1 N–H and O–H groups in total. The fourth-order valence-corrected chi connectivity index (χ4v) is 10.5. The normalized spacial score (nSPS) is 12.5. The van der Waals surface area contributed by atoms with Crippen molar-refractivity contribution in [1.82, 2.24) is 0 Å². The number of esters is 2. The lowest BCUT2D eigenvalue weighted by molar-refractivity contribution is -0.161. The molecule has 5 heteroatoms. The van der Waals surface area contributed by atoms with E-state index < -0.39 is 6.10 Å². The van der Waals surface area contributed by atoms with Crippen LogP contribution in [0.4, 0.5) is 0 Å². The largest absolute Gasteiger partial charge is 0.462 e. The van der Waals surface area contributed by atoms with E-state index >= 15 is 0 Å². The zero-order valence-electron chi connectivity index (χ0n) is 51.7. The predicted molar refractivity (Wildman–Crippen MR) is 339 cm³/mol. The van der Waals surface area contributed by atoms with Gasteiger partial charge < -0.3 is 14.6 Å². The van der Waals surface area contributed by atoms with Gasteiger partial charge in [0.1, 0.15) is 6.61 Å². The van der Waals surface area contributed by atoms with Crippen LogP contribution in [-0.4, -0.2) is 36.4 Å². The number of carbonyl (C=O) groups excluding carboxylic acids is 2. The minimum Gasteiger partial charge on any atom is -0.462 e. The summed E-state index contributed by atoms with van der Waals surface area (Å²) in [5.41, 5.74) is 0. The van der Waals surface area contributed by atoms with Crippen molar-refractivity contribution < 1.29 is 24.2 Å². The van der Waals surface area contributed by atoms with Crippen LogP contribution in [0, 0.1) is 0 Å². The maximum atomic E-state index is 12.3. The summed E-state index contributed by atoms with van der Waals surface area (Å²) >= 11 is 0. The van der Waals surface area contributed by atoms with Crippen LogP contribution in [0.15, 0.2) is 60.8 Å². The Morgan fingerprint density at radius 1 is 0.312 bits per heavy atom. The molecule has 77 heavy (non-hydrogen) atoms. The average Bonchev–Trinajstić information content (AvgIpc) is 3.43. The third-order valence-corrected chi connectivity index (χ3v) is 15.6. The number of unbranched alkanes of at least 4 members (excludes halogenated alkanes) is 46. The summed E-state index contributed by atoms with van der Waals surface area (Å²) in [5.74, 6) is -0.583. The molecule has 0 spiro atoms. The Hall–Kier alpha value is -2.40. The molecule has 0 heterocycles. The Bertz CT molecular complexity index is 1310. The van der Waals surface area contributed by atoms with E-state index in [0.717, 1.165) is 70.6 Å². The molecule has 1 atom stereocenters. The predicted octanol–water partition coefficient (Wildman–Crippen LogP) is 23.7. The van der Waals surface area contributed by atoms with E-state index in [4.69, 9.17) is 9.47 Å². The van der Waals surface area contributed by atoms with Crippen LogP contribution in [0.5, 0.6) is 0 Å². The van der Waals surface area contributed by atoms with Gasteiger partial charge in [0.05, 0.1) is 6.61 Å². The number of carbonyl (C=O) groups is 2. The number of hydrogen-bond acceptors (Lipinski definition) is 5. The molecule has 0 rings (SSSR count). The van der Waals surface area contributed by atoms with Crippen LogP contribution in [0.25, 0.3) is 0 Å². The van der Waals surface area contributed by atoms with Gasteiger partial charge in [-0.3, -0.25) is 9.59 Å². The molecule has 450 valence electrons. The Morgan fingerprint density at radius 3 is 0.844 bits per heavy atom. The maximum Gasteiger partial charge on any atom is 0.306 e. The topological polar surface area (TPSA) is 72.8 Å². The lowest BCUT2D eigenvalue weighted by Crippen LogP contribution is -2.28. The van der Waals surface area contributed by atoms with Gasteiger partial charge in [-0.25, -0.2) is 0 Å². The van der Waals surface area contributed by atoms with Crippen LogP contribution >= 0.6 is 0 Å². The van der Waals surface area contributed by atoms with Gasteiger partial charge in [-0.2, -0.15) is 0 Å². The van der Waals surface area contributed by atoms with Crippen molar-refractivity contribution in [3.63, 3.8) is 0 Å². The SMILES string of the molecule is CC/C=C\C/C=C\C/C=C\C/C=C\C/C=C\CCCCCCCCCCCC(=O)OC(CO)COC(=O)CCCCCCCCCCCCCCCCCCCCCCCCCCCCCCCCCCCCCCCC. The molecule has 0 aliphatic carbocycles. The van der Waals surface area contributed by atoms with Crippen LogP contribution in [0.2, 0.25) is 0 Å². The van der Waals surface area contributed by atoms with E-state index in [1.165, 1.54) is 270 Å². The lowest BCUT2D eigenvalue weighted by atomic mass is 10.0. The van der Waals surface area contributed by atoms with E-state index in [1.807, 2.05) is 0 Å². The molecule has 0 saturated carbocycles. The van der Waals surface area contributed by atoms with Gasteiger partial charge in [-0.15, -0.1) is 0 Å². The molecular weight excluding hydrogens is 945 g/mol. The first-order valence-electron chi connectivity index (χ1n) is 34.3. The summed E-state index contributed by atoms with van der Waals surface area (Å²) in [7, 11) is 0. The highest BCUT2D eigenvalue weighted by Gasteiger charge is 2.16. The average molecular weight is 1080 g/mol. The highest BCUT2D eigenvalue weighted by molar-refractivity contribution is 5.70. The van der Waals surface area contributed by atoms with E-state index in [9.17, 15) is 14.7 Å². The Morgan fingerprint density at radius 2 is 0.558 bits per heavy atom. The number of ether oxygens (including phenoxy) is 2. The van der Waals surface area contributed by atoms with Crippen molar-refractivity contribution in [1.29, 1.82) is 0 Å². The summed E-state index contributed by atoms with van der Waals surface area (Å²) in [6.07, 6.45) is 92.6. The van der Waals surface area contributed by atoms with E-state index in [1.54, 1.807) is 0 Å². The first-order chi connectivity index (χ1) is 38.1. The number of rotatable bonds is 64. The smallest absolute Gasteiger partial charge is 0.306 e. The molecule has 0 aromatic carbocycles. The first-order valence-corrected chi connectivity index (χ1v) is 34.3. The summed E-state index contributed by atoms with van der Waals surface area (Å²) in [6.45, 7) is 4.07. The Labute approximate surface area is 481 Å². The second-order valence-corrected chi connectivity index (χ2v) is 23.2. The summed E-state index contributed by atoms with van der Waals surface area (Å²) in [6, 6.07) is 0. The van der Waals surface area contributed by atoms with Crippen LogP contribution < -0.4 is 0 Å². The molecule has 0 bridgehead atoms. The maximum absolute atomic E-state index is 12.3. The molecule has 0 radical (unpaired) electrons. The molecule has 0 aromatic heterocycles. The van der Waals surface area contributed by atoms with Gasteiger partial charge in [0.15, 0.2) is 6.10 Å². The van der Waals surface area contributed by atoms with Crippen molar-refractivity contribution >= 4 is 11.9 Å². The molecule has 0 aliphatic rings. The summed E-state index contributed by atoms with van der Waals surface area (Å²) in [4.78, 5) is 24.6. The first kappa shape index (κ1) is 74.6. The molecule has 5 nitrogen and oxygen atoms in total. The Kier molecular flexibility index (Phi) is 65.8. The molecule has 0 aromatic rings. The van der Waals surface area contributed by atoms with Gasteiger partial charge in [0.2, 0.25) is 0 Å². The van der Waals surface area contributed by atoms with Gasteiger partial charge in [0, 0.05) is 12.8 Å². The number of aliphatic hydroxyl groups is 1. The molecular formula is C72H132O5. The van der Waals surface area contributed by atoms with Crippen molar-refractivity contribution in [2.75, 3.05) is 13.2 Å². The lowest BCUT2D eigenvalue weighted by Gasteiger charge is -2.15. The number of allylic oxidation sites excluding steroid dienone is 10. The minimum absolute atomic E-state index is 0.0663. The van der Waals surface area contributed by atoms with Gasteiger partial charge in [0.25, 0.3) is 0 Å². The van der Waals surface area contributed by atoms with Crippen molar-refractivity contribution in [3.8, 4) is 0 Å². The summed E-state index contributed by atoms with van der Waals surface area (Å²) in [5, 5.41) is 9.69. The second-order valence-electron chi connectivity index (χ2n) is 23.2. The van der Waals surface area contributed by atoms with Crippen molar-refractivity contribution in [2.45, 2.75) is 373 Å². The fourth-order valence-electron chi connectivity index (χ4n) is 10.5. The van der Waals surface area contributed by atoms with Gasteiger partial charge in [-0.05, 0) is 57.8 Å². The molecule has 0 fully saturated rings. The molecule has 1 unspecified atom stereocenters. The minimum atomic E-state index is -0.778. The highest BCUT2D eigenvalue weighted by atomic mass is 16.6. The van der Waals surface area contributed by atoms with E-state index in [0.29, 0.717) is 12.8 Å². The molecule has 0 aliphatic heterocycles. The standard InChI is InChI=1S/C72H132O5/c1-3-5-7-9-11-13-15-17-19-21-23-25-27-29-30-31-32-33-34-35-36-37-38-39-40-41-43-44-46-48-50-52-54-56-58-60-62-64-66-71(74)76-69-70(68-73)77-72(75)67-65-63-61-59-57-55-53-51-49-47-45-42-28-26-24-22-20-18-16-14-12-10-8-6-4-2/h6,8,12,14,18,20,24,26,42,45,70,73H,3-5,7,9-11,13,15-17,19,21-23,25,27-41,43-44,46-69H2,1-2H3/b8-6-,14-12-,20-18-,26-24-,45-42-. The van der Waals surface area contributed by atoms with Gasteiger partial charge in [-0.1, -0.05) is 357 Å². The third-order valence-electron chi connectivity index (χ3n) is 15.6. The summed E-state index contributed by atoms with van der Waals surface area (Å²) < 4.78 is 10.7. The monoisotopic (exact) mass is 1080 g/mol. The van der Waals surface area contributed by atoms with Crippen molar-refractivity contribution in [2.24, 2.45) is 0 Å². The second kappa shape index (κ2) is 67.9. The van der Waals surface area contributed by atoms with Crippen molar-refractivity contribution in [3.05, 3.63) is 60.8 Å². The zero-order valence-corrected chi connectivity index (χ0v) is 51.7. The van der Waals surface area contributed by atoms with Crippen LogP contribution in [0.3, 0.4) is 0 Å². The fraction of sp³-hybridized carbons (Fsp3) is 0.833.